The normalized spacial score (nSPS) is 15.2. The summed E-state index contributed by atoms with van der Waals surface area (Å²) < 4.78 is 20.2. The number of nitrogens with zero attached hydrogens (tertiary/aromatic N) is 4. The van der Waals surface area contributed by atoms with Gasteiger partial charge in [-0.15, -0.1) is 0 Å². The number of hydrogen-bond acceptors (Lipinski definition) is 5. The van der Waals surface area contributed by atoms with Crippen molar-refractivity contribution in [3.8, 4) is 11.6 Å². The van der Waals surface area contributed by atoms with E-state index in [1.54, 1.807) is 12.1 Å². The Hall–Kier alpha value is -2.74. The van der Waals surface area contributed by atoms with Gasteiger partial charge in [0, 0.05) is 10.7 Å². The lowest BCUT2D eigenvalue weighted by Gasteiger charge is -2.12. The van der Waals surface area contributed by atoms with E-state index >= 15 is 0 Å². The third-order valence-corrected chi connectivity index (χ3v) is 5.27. The summed E-state index contributed by atoms with van der Waals surface area (Å²) in [6, 6.07) is 6.06. The van der Waals surface area contributed by atoms with Crippen LogP contribution in [0.1, 0.15) is 49.7 Å². The van der Waals surface area contributed by atoms with E-state index in [4.69, 9.17) is 21.2 Å². The molecule has 0 aliphatic heterocycles. The quantitative estimate of drug-likeness (QED) is 0.667. The highest BCUT2D eigenvalue weighted by Gasteiger charge is 2.51. The van der Waals surface area contributed by atoms with Crippen molar-refractivity contribution in [2.24, 2.45) is 0 Å². The molecular weight excluding hydrogens is 387 g/mol. The summed E-state index contributed by atoms with van der Waals surface area (Å²) in [7, 11) is 0. The molecule has 7 nitrogen and oxygen atoms in total. The maximum atomic E-state index is 13.4. The summed E-state index contributed by atoms with van der Waals surface area (Å²) in [4.78, 5) is 15.6. The molecule has 1 aliphatic rings. The Labute approximate surface area is 165 Å². The van der Waals surface area contributed by atoms with Gasteiger partial charge in [0.1, 0.15) is 12.4 Å². The van der Waals surface area contributed by atoms with Crippen LogP contribution in [0.15, 0.2) is 28.8 Å². The number of carboxylic acids is 1. The van der Waals surface area contributed by atoms with Crippen LogP contribution in [0.4, 0.5) is 4.39 Å². The average Bonchev–Trinajstić information content (AvgIpc) is 3.07. The molecule has 28 heavy (non-hydrogen) atoms. The first-order valence-electron chi connectivity index (χ1n) is 8.90. The lowest BCUT2D eigenvalue weighted by Crippen LogP contribution is -2.13. The van der Waals surface area contributed by atoms with Crippen molar-refractivity contribution in [3.63, 3.8) is 0 Å². The Morgan fingerprint density at radius 1 is 1.39 bits per heavy atom. The van der Waals surface area contributed by atoms with E-state index in [1.165, 1.54) is 16.8 Å². The molecule has 0 spiro atoms. The standard InChI is InChI=1S/C19H18ClFN4O3/c1-10(2)15-8-14(23-25(15)9-16(26)27)17-22-18(24-28-17)19(5-6-19)12-4-3-11(21)7-13(12)20/h3-4,7-8,10H,5-6,9H2,1-2H3,(H,26,27). The molecule has 1 fully saturated rings. The SMILES string of the molecule is CC(C)c1cc(-c2nc(C3(c4ccc(F)cc4Cl)CC3)no2)nn1CC(=O)O. The van der Waals surface area contributed by atoms with E-state index in [-0.39, 0.29) is 18.4 Å². The van der Waals surface area contributed by atoms with Gasteiger partial charge in [0.2, 0.25) is 0 Å². The Balaban J connectivity index is 1.69. The first-order valence-corrected chi connectivity index (χ1v) is 9.27. The molecule has 0 saturated heterocycles. The molecule has 146 valence electrons. The molecule has 1 aliphatic carbocycles. The number of aliphatic carboxylic acids is 1. The number of rotatable bonds is 6. The molecule has 0 amide bonds. The number of hydrogen-bond donors (Lipinski definition) is 1. The summed E-state index contributed by atoms with van der Waals surface area (Å²) in [6.45, 7) is 3.66. The third kappa shape index (κ3) is 3.17. The monoisotopic (exact) mass is 404 g/mol. The molecule has 2 heterocycles. The van der Waals surface area contributed by atoms with Crippen molar-refractivity contribution in [2.75, 3.05) is 0 Å². The summed E-state index contributed by atoms with van der Waals surface area (Å²) >= 11 is 6.24. The highest BCUT2D eigenvalue weighted by molar-refractivity contribution is 6.31. The molecule has 0 unspecified atom stereocenters. The van der Waals surface area contributed by atoms with Crippen LogP contribution < -0.4 is 0 Å². The van der Waals surface area contributed by atoms with E-state index in [2.05, 4.69) is 15.2 Å². The number of aromatic nitrogens is 4. The zero-order valence-corrected chi connectivity index (χ0v) is 16.1. The average molecular weight is 405 g/mol. The van der Waals surface area contributed by atoms with E-state index in [0.717, 1.165) is 24.1 Å². The Morgan fingerprint density at radius 3 is 2.75 bits per heavy atom. The zero-order valence-electron chi connectivity index (χ0n) is 15.3. The van der Waals surface area contributed by atoms with Gasteiger partial charge >= 0.3 is 5.97 Å². The molecule has 3 aromatic rings. The highest BCUT2D eigenvalue weighted by Crippen LogP contribution is 2.54. The second-order valence-electron chi connectivity index (χ2n) is 7.29. The molecular formula is C19H18ClFN4O3. The van der Waals surface area contributed by atoms with Crippen molar-refractivity contribution in [3.05, 3.63) is 52.2 Å². The van der Waals surface area contributed by atoms with Gasteiger partial charge in [-0.25, -0.2) is 4.39 Å². The zero-order chi connectivity index (χ0) is 20.1. The first-order chi connectivity index (χ1) is 13.3. The maximum Gasteiger partial charge on any atom is 0.325 e. The maximum absolute atomic E-state index is 13.4. The fourth-order valence-corrected chi connectivity index (χ4v) is 3.74. The molecule has 1 aromatic carbocycles. The number of halogens is 2. The van der Waals surface area contributed by atoms with Gasteiger partial charge in [-0.05, 0) is 42.5 Å². The molecule has 1 N–H and O–H groups in total. The summed E-state index contributed by atoms with van der Waals surface area (Å²) in [5, 5.41) is 17.9. The van der Waals surface area contributed by atoms with Crippen molar-refractivity contribution >= 4 is 17.6 Å². The second kappa shape index (κ2) is 6.70. The van der Waals surface area contributed by atoms with Gasteiger partial charge in [0.15, 0.2) is 11.5 Å². The number of carbonyl (C=O) groups is 1. The van der Waals surface area contributed by atoms with Crippen LogP contribution in [-0.2, 0) is 16.8 Å². The van der Waals surface area contributed by atoms with Crippen molar-refractivity contribution in [1.29, 1.82) is 0 Å². The van der Waals surface area contributed by atoms with Crippen LogP contribution in [0.2, 0.25) is 5.02 Å². The minimum Gasteiger partial charge on any atom is -0.480 e. The highest BCUT2D eigenvalue weighted by atomic mass is 35.5. The molecule has 0 bridgehead atoms. The summed E-state index contributed by atoms with van der Waals surface area (Å²) in [5.74, 6) is -0.620. The van der Waals surface area contributed by atoms with Crippen molar-refractivity contribution < 1.29 is 18.8 Å². The molecule has 0 atom stereocenters. The van der Waals surface area contributed by atoms with Crippen molar-refractivity contribution in [1.82, 2.24) is 19.9 Å². The predicted molar refractivity (Wildman–Crippen MR) is 98.7 cm³/mol. The Kier molecular flexibility index (Phi) is 4.45. The van der Waals surface area contributed by atoms with Crippen LogP contribution in [-0.4, -0.2) is 31.0 Å². The van der Waals surface area contributed by atoms with Crippen LogP contribution in [0.5, 0.6) is 0 Å². The topological polar surface area (TPSA) is 94.0 Å². The first kappa shape index (κ1) is 18.6. The van der Waals surface area contributed by atoms with Crippen LogP contribution >= 0.6 is 11.6 Å². The Bertz CT molecular complexity index is 1060. The fourth-order valence-electron chi connectivity index (χ4n) is 3.39. The summed E-state index contributed by atoms with van der Waals surface area (Å²) in [6.07, 6.45) is 1.56. The lowest BCUT2D eigenvalue weighted by atomic mass is 9.95. The van der Waals surface area contributed by atoms with Crippen LogP contribution in [0.25, 0.3) is 11.6 Å². The third-order valence-electron chi connectivity index (χ3n) is 4.96. The van der Waals surface area contributed by atoms with Crippen molar-refractivity contribution in [2.45, 2.75) is 44.6 Å². The summed E-state index contributed by atoms with van der Waals surface area (Å²) in [5.41, 5.74) is 1.46. The van der Waals surface area contributed by atoms with Gasteiger partial charge in [0.05, 0.1) is 5.41 Å². The molecule has 4 rings (SSSR count). The van der Waals surface area contributed by atoms with Gasteiger partial charge in [-0.2, -0.15) is 10.1 Å². The molecule has 1 saturated carbocycles. The van der Waals surface area contributed by atoms with E-state index in [0.29, 0.717) is 16.5 Å². The minimum atomic E-state index is -0.981. The molecule has 9 heteroatoms. The van der Waals surface area contributed by atoms with Gasteiger partial charge < -0.3 is 9.63 Å². The van der Waals surface area contributed by atoms with E-state index in [9.17, 15) is 9.18 Å². The van der Waals surface area contributed by atoms with Gasteiger partial charge in [-0.1, -0.05) is 36.7 Å². The van der Waals surface area contributed by atoms with Crippen LogP contribution in [0, 0.1) is 5.82 Å². The lowest BCUT2D eigenvalue weighted by molar-refractivity contribution is -0.137. The van der Waals surface area contributed by atoms with Crippen LogP contribution in [0.3, 0.4) is 0 Å². The predicted octanol–water partition coefficient (Wildman–Crippen LogP) is 4.01. The van der Waals surface area contributed by atoms with E-state index in [1.807, 2.05) is 13.8 Å². The van der Waals surface area contributed by atoms with Gasteiger partial charge in [0.25, 0.3) is 5.89 Å². The minimum absolute atomic E-state index is 0.0794. The molecule has 0 radical (unpaired) electrons. The Morgan fingerprint density at radius 2 is 2.14 bits per heavy atom. The smallest absolute Gasteiger partial charge is 0.325 e. The second-order valence-corrected chi connectivity index (χ2v) is 7.70. The molecule has 2 aromatic heterocycles. The number of carboxylic acid groups (broad SMARTS) is 1. The van der Waals surface area contributed by atoms with E-state index < -0.39 is 17.2 Å². The number of benzene rings is 1. The van der Waals surface area contributed by atoms with Gasteiger partial charge in [-0.3, -0.25) is 9.48 Å². The fraction of sp³-hybridized carbons (Fsp3) is 0.368. The largest absolute Gasteiger partial charge is 0.480 e.